The van der Waals surface area contributed by atoms with Gasteiger partial charge in [-0.1, -0.05) is 51.1 Å². The van der Waals surface area contributed by atoms with Crippen LogP contribution in [0.5, 0.6) is 0 Å². The Hall–Kier alpha value is -2.34. The fraction of sp³-hybridized carbons (Fsp3) is 0.350. The van der Waals surface area contributed by atoms with E-state index in [0.717, 1.165) is 22.5 Å². The minimum Gasteiger partial charge on any atom is -0.325 e. The second-order valence-electron chi connectivity index (χ2n) is 6.58. The fourth-order valence-electron chi connectivity index (χ4n) is 2.74. The molecule has 5 nitrogen and oxygen atoms in total. The molecule has 0 bridgehead atoms. The first-order valence-electron chi connectivity index (χ1n) is 8.67. The van der Waals surface area contributed by atoms with Crippen molar-refractivity contribution in [3.63, 3.8) is 0 Å². The standard InChI is InChI=1S/C20H26N2O3S/c1-5-16-10-12-17(13-11-16)21-20(23)14-22(26(4,24)25)19-9-7-6-8-18(19)15(2)3/h6-13,15H,5,14H2,1-4H3,(H,21,23). The van der Waals surface area contributed by atoms with Crippen molar-refractivity contribution in [3.8, 4) is 0 Å². The second-order valence-corrected chi connectivity index (χ2v) is 8.49. The molecule has 0 fully saturated rings. The van der Waals surface area contributed by atoms with E-state index >= 15 is 0 Å². The number of carbonyl (C=O) groups excluding carboxylic acids is 1. The van der Waals surface area contributed by atoms with Gasteiger partial charge < -0.3 is 5.32 Å². The van der Waals surface area contributed by atoms with E-state index in [4.69, 9.17) is 0 Å². The Balaban J connectivity index is 2.25. The van der Waals surface area contributed by atoms with E-state index in [1.54, 1.807) is 12.1 Å². The zero-order valence-corrected chi connectivity index (χ0v) is 16.5. The van der Waals surface area contributed by atoms with Gasteiger partial charge in [0.25, 0.3) is 0 Å². The molecule has 140 valence electrons. The Kier molecular flexibility index (Phi) is 6.42. The first-order chi connectivity index (χ1) is 12.2. The van der Waals surface area contributed by atoms with Crippen molar-refractivity contribution >= 4 is 27.3 Å². The molecule has 2 aromatic carbocycles. The van der Waals surface area contributed by atoms with Crippen molar-refractivity contribution < 1.29 is 13.2 Å². The van der Waals surface area contributed by atoms with E-state index in [1.165, 1.54) is 5.56 Å². The smallest absolute Gasteiger partial charge is 0.245 e. The SMILES string of the molecule is CCc1ccc(NC(=O)CN(c2ccccc2C(C)C)S(C)(=O)=O)cc1. The van der Waals surface area contributed by atoms with Gasteiger partial charge in [-0.15, -0.1) is 0 Å². The maximum absolute atomic E-state index is 12.5. The third-order valence-electron chi connectivity index (χ3n) is 4.16. The van der Waals surface area contributed by atoms with Gasteiger partial charge in [-0.25, -0.2) is 8.42 Å². The van der Waals surface area contributed by atoms with Gasteiger partial charge in [-0.3, -0.25) is 9.10 Å². The lowest BCUT2D eigenvalue weighted by atomic mass is 10.0. The summed E-state index contributed by atoms with van der Waals surface area (Å²) < 4.78 is 25.8. The largest absolute Gasteiger partial charge is 0.325 e. The number of benzene rings is 2. The lowest BCUT2D eigenvalue weighted by Gasteiger charge is -2.25. The molecular weight excluding hydrogens is 348 g/mol. The average Bonchev–Trinajstić information content (AvgIpc) is 2.59. The summed E-state index contributed by atoms with van der Waals surface area (Å²) in [6.45, 7) is 5.78. The van der Waals surface area contributed by atoms with E-state index in [-0.39, 0.29) is 18.4 Å². The van der Waals surface area contributed by atoms with Crippen LogP contribution in [0.1, 0.15) is 37.8 Å². The number of hydrogen-bond acceptors (Lipinski definition) is 3. The molecule has 0 saturated carbocycles. The summed E-state index contributed by atoms with van der Waals surface area (Å²) >= 11 is 0. The number of anilines is 2. The molecule has 0 aliphatic carbocycles. The van der Waals surface area contributed by atoms with E-state index in [1.807, 2.05) is 50.2 Å². The van der Waals surface area contributed by atoms with Crippen molar-refractivity contribution in [3.05, 3.63) is 59.7 Å². The van der Waals surface area contributed by atoms with Gasteiger partial charge >= 0.3 is 0 Å². The van der Waals surface area contributed by atoms with Crippen molar-refractivity contribution in [2.24, 2.45) is 0 Å². The van der Waals surface area contributed by atoms with E-state index in [2.05, 4.69) is 12.2 Å². The Labute approximate surface area is 156 Å². The van der Waals surface area contributed by atoms with Gasteiger partial charge in [0.2, 0.25) is 15.9 Å². The number of amides is 1. The monoisotopic (exact) mass is 374 g/mol. The van der Waals surface area contributed by atoms with Crippen molar-refractivity contribution in [2.45, 2.75) is 33.1 Å². The zero-order chi connectivity index (χ0) is 19.3. The van der Waals surface area contributed by atoms with Crippen LogP contribution in [0.4, 0.5) is 11.4 Å². The van der Waals surface area contributed by atoms with E-state index in [9.17, 15) is 13.2 Å². The van der Waals surface area contributed by atoms with Crippen molar-refractivity contribution in [1.82, 2.24) is 0 Å². The average molecular weight is 375 g/mol. The van der Waals surface area contributed by atoms with E-state index in [0.29, 0.717) is 11.4 Å². The predicted molar refractivity (Wildman–Crippen MR) is 107 cm³/mol. The molecule has 0 radical (unpaired) electrons. The molecule has 1 N–H and O–H groups in total. The molecule has 0 aliphatic heterocycles. The van der Waals surface area contributed by atoms with E-state index < -0.39 is 10.0 Å². The highest BCUT2D eigenvalue weighted by Crippen LogP contribution is 2.28. The van der Waals surface area contributed by atoms with Gasteiger partial charge in [0.15, 0.2) is 0 Å². The number of carbonyl (C=O) groups is 1. The lowest BCUT2D eigenvalue weighted by molar-refractivity contribution is -0.114. The van der Waals surface area contributed by atoms with Crippen LogP contribution in [0.15, 0.2) is 48.5 Å². The zero-order valence-electron chi connectivity index (χ0n) is 15.7. The molecule has 2 rings (SSSR count). The summed E-state index contributed by atoms with van der Waals surface area (Å²) in [5, 5.41) is 2.77. The normalized spacial score (nSPS) is 11.4. The molecule has 6 heteroatoms. The highest BCUT2D eigenvalue weighted by Gasteiger charge is 2.23. The first kappa shape index (κ1) is 20.0. The molecule has 1 amide bonds. The van der Waals surface area contributed by atoms with Crippen LogP contribution in [-0.2, 0) is 21.2 Å². The van der Waals surface area contributed by atoms with Crippen LogP contribution in [0.2, 0.25) is 0 Å². The lowest BCUT2D eigenvalue weighted by Crippen LogP contribution is -2.38. The number of para-hydroxylation sites is 1. The topological polar surface area (TPSA) is 66.5 Å². The molecule has 26 heavy (non-hydrogen) atoms. The van der Waals surface area contributed by atoms with Crippen molar-refractivity contribution in [1.29, 1.82) is 0 Å². The van der Waals surface area contributed by atoms with Crippen LogP contribution < -0.4 is 9.62 Å². The molecule has 0 heterocycles. The Morgan fingerprint density at radius 2 is 1.69 bits per heavy atom. The summed E-state index contributed by atoms with van der Waals surface area (Å²) in [4.78, 5) is 12.5. The summed E-state index contributed by atoms with van der Waals surface area (Å²) in [7, 11) is -3.60. The van der Waals surface area contributed by atoms with Gasteiger partial charge in [0.1, 0.15) is 6.54 Å². The van der Waals surface area contributed by atoms with Crippen LogP contribution in [0.3, 0.4) is 0 Å². The number of sulfonamides is 1. The van der Waals surface area contributed by atoms with Crippen LogP contribution in [0, 0.1) is 0 Å². The highest BCUT2D eigenvalue weighted by molar-refractivity contribution is 7.92. The van der Waals surface area contributed by atoms with Crippen LogP contribution in [0.25, 0.3) is 0 Å². The van der Waals surface area contributed by atoms with Gasteiger partial charge in [0.05, 0.1) is 11.9 Å². The number of nitrogens with one attached hydrogen (secondary N) is 1. The summed E-state index contributed by atoms with van der Waals surface area (Å²) in [5.41, 5.74) is 3.25. The third kappa shape index (κ3) is 5.08. The van der Waals surface area contributed by atoms with Crippen LogP contribution in [-0.4, -0.2) is 27.1 Å². The molecule has 0 aromatic heterocycles. The summed E-state index contributed by atoms with van der Waals surface area (Å²) in [5.74, 6) is -0.238. The predicted octanol–water partition coefficient (Wildman–Crippen LogP) is 3.78. The Bertz CT molecular complexity index is 859. The molecular formula is C20H26N2O3S. The quantitative estimate of drug-likeness (QED) is 0.802. The first-order valence-corrected chi connectivity index (χ1v) is 10.5. The Morgan fingerprint density at radius 3 is 2.23 bits per heavy atom. The molecule has 0 saturated heterocycles. The van der Waals surface area contributed by atoms with Gasteiger partial charge in [-0.2, -0.15) is 0 Å². The second kappa shape index (κ2) is 8.36. The molecule has 2 aromatic rings. The third-order valence-corrected chi connectivity index (χ3v) is 5.29. The molecule has 0 unspecified atom stereocenters. The van der Waals surface area contributed by atoms with Crippen LogP contribution >= 0.6 is 0 Å². The number of aryl methyl sites for hydroxylation is 1. The molecule has 0 spiro atoms. The highest BCUT2D eigenvalue weighted by atomic mass is 32.2. The summed E-state index contributed by atoms with van der Waals surface area (Å²) in [6, 6.07) is 14.8. The fourth-order valence-corrected chi connectivity index (χ4v) is 3.61. The maximum Gasteiger partial charge on any atom is 0.245 e. The number of rotatable bonds is 7. The Morgan fingerprint density at radius 1 is 1.08 bits per heavy atom. The van der Waals surface area contributed by atoms with Crippen molar-refractivity contribution in [2.75, 3.05) is 22.4 Å². The number of hydrogen-bond donors (Lipinski definition) is 1. The van der Waals surface area contributed by atoms with Gasteiger partial charge in [0, 0.05) is 5.69 Å². The minimum absolute atomic E-state index is 0.139. The summed E-state index contributed by atoms with van der Waals surface area (Å²) in [6.07, 6.45) is 2.04. The minimum atomic E-state index is -3.60. The molecule has 0 aliphatic rings. The van der Waals surface area contributed by atoms with Gasteiger partial charge in [-0.05, 0) is 41.7 Å². The maximum atomic E-state index is 12.5. The molecule has 0 atom stereocenters. The number of nitrogens with zero attached hydrogens (tertiary/aromatic N) is 1.